The number of aryl methyl sites for hydroxylation is 1. The Morgan fingerprint density at radius 1 is 1.26 bits per heavy atom. The molecule has 2 amide bonds. The Morgan fingerprint density at radius 3 is 3.00 bits per heavy atom. The molecule has 2 aliphatic heterocycles. The molecule has 0 saturated carbocycles. The summed E-state index contributed by atoms with van der Waals surface area (Å²) in [6.45, 7) is 3.27. The zero-order chi connectivity index (χ0) is 18.8. The van der Waals surface area contributed by atoms with Crippen LogP contribution in [0, 0.1) is 0 Å². The third-order valence-corrected chi connectivity index (χ3v) is 5.15. The summed E-state index contributed by atoms with van der Waals surface area (Å²) in [5.41, 5.74) is 4.06. The van der Waals surface area contributed by atoms with Crippen LogP contribution in [0.2, 0.25) is 0 Å². The van der Waals surface area contributed by atoms with E-state index in [0.717, 1.165) is 41.8 Å². The molecule has 1 N–H and O–H groups in total. The molecule has 2 aromatic rings. The van der Waals surface area contributed by atoms with Crippen molar-refractivity contribution in [1.82, 2.24) is 9.88 Å². The molecule has 27 heavy (non-hydrogen) atoms. The van der Waals surface area contributed by atoms with Crippen LogP contribution in [0.1, 0.15) is 31.7 Å². The van der Waals surface area contributed by atoms with Crippen molar-refractivity contribution in [2.75, 3.05) is 18.4 Å². The summed E-state index contributed by atoms with van der Waals surface area (Å²) in [6, 6.07) is 8.02. The van der Waals surface area contributed by atoms with Crippen molar-refractivity contribution in [2.45, 2.75) is 38.7 Å². The predicted molar refractivity (Wildman–Crippen MR) is 103 cm³/mol. The number of likely N-dealkylation sites (tertiary alicyclic amines) is 1. The minimum Gasteiger partial charge on any atom is -0.487 e. The molecule has 0 unspecified atom stereocenters. The number of ether oxygens (including phenoxy) is 1. The lowest BCUT2D eigenvalue weighted by Gasteiger charge is -2.18. The molecular weight excluding hydrogens is 342 g/mol. The molecule has 140 valence electrons. The molecule has 1 saturated heterocycles. The van der Waals surface area contributed by atoms with Crippen molar-refractivity contribution in [3.05, 3.63) is 42.2 Å². The summed E-state index contributed by atoms with van der Waals surface area (Å²) in [5.74, 6) is 0.961. The molecule has 4 rings (SSSR count). The van der Waals surface area contributed by atoms with Gasteiger partial charge in [0, 0.05) is 43.3 Å². The van der Waals surface area contributed by atoms with Crippen LogP contribution in [0.15, 0.2) is 36.7 Å². The quantitative estimate of drug-likeness (QED) is 0.904. The molecule has 0 bridgehead atoms. The lowest BCUT2D eigenvalue weighted by atomic mass is 9.98. The first-order valence-electron chi connectivity index (χ1n) is 9.45. The molecule has 6 heteroatoms. The van der Waals surface area contributed by atoms with Gasteiger partial charge in [-0.05, 0) is 35.7 Å². The summed E-state index contributed by atoms with van der Waals surface area (Å²) in [4.78, 5) is 29.5. The Balaban J connectivity index is 1.48. The van der Waals surface area contributed by atoms with E-state index in [2.05, 4.69) is 16.4 Å². The van der Waals surface area contributed by atoms with E-state index in [1.165, 1.54) is 0 Å². The Kier molecular flexibility index (Phi) is 4.79. The molecule has 0 radical (unpaired) electrons. The van der Waals surface area contributed by atoms with Crippen LogP contribution in [-0.4, -0.2) is 40.9 Å². The fourth-order valence-corrected chi connectivity index (χ4v) is 3.67. The monoisotopic (exact) mass is 365 g/mol. The maximum absolute atomic E-state index is 11.8. The minimum atomic E-state index is 0.0105. The van der Waals surface area contributed by atoms with Gasteiger partial charge < -0.3 is 15.0 Å². The molecule has 6 nitrogen and oxygen atoms in total. The minimum absolute atomic E-state index is 0.0105. The van der Waals surface area contributed by atoms with Crippen LogP contribution in [0.5, 0.6) is 5.75 Å². The van der Waals surface area contributed by atoms with Gasteiger partial charge in [0.25, 0.3) is 0 Å². The number of carbonyl (C=O) groups is 2. The van der Waals surface area contributed by atoms with Crippen molar-refractivity contribution >= 4 is 17.5 Å². The Morgan fingerprint density at radius 2 is 2.15 bits per heavy atom. The van der Waals surface area contributed by atoms with Crippen molar-refractivity contribution in [3.63, 3.8) is 0 Å². The van der Waals surface area contributed by atoms with Gasteiger partial charge in [-0.15, -0.1) is 0 Å². The number of pyridine rings is 1. The average Bonchev–Trinajstić information content (AvgIpc) is 3.15. The Labute approximate surface area is 158 Å². The van der Waals surface area contributed by atoms with Gasteiger partial charge in [0.1, 0.15) is 11.9 Å². The third-order valence-electron chi connectivity index (χ3n) is 5.15. The van der Waals surface area contributed by atoms with E-state index in [1.807, 2.05) is 36.2 Å². The number of fused-ring (bicyclic) bond motifs is 1. The van der Waals surface area contributed by atoms with E-state index in [1.54, 1.807) is 6.20 Å². The highest BCUT2D eigenvalue weighted by atomic mass is 16.5. The number of amides is 2. The van der Waals surface area contributed by atoms with E-state index in [4.69, 9.17) is 4.74 Å². The molecule has 0 aliphatic carbocycles. The van der Waals surface area contributed by atoms with Crippen LogP contribution in [0.3, 0.4) is 0 Å². The van der Waals surface area contributed by atoms with Gasteiger partial charge in [-0.2, -0.15) is 0 Å². The highest BCUT2D eigenvalue weighted by molar-refractivity contribution is 5.94. The maximum atomic E-state index is 11.8. The first-order valence-corrected chi connectivity index (χ1v) is 9.45. The first-order chi connectivity index (χ1) is 13.1. The van der Waals surface area contributed by atoms with Crippen LogP contribution in [-0.2, 0) is 16.0 Å². The standard InChI is InChI=1S/C21H23N3O3/c1-2-21(26)24-8-7-17(13-24)27-18-10-16(11-22-12-18)14-3-5-19-15(9-14)4-6-20(25)23-19/h3,5,9-12,17H,2,4,6-8,13H2,1H3,(H,23,25)/t17-/m1/s1. The summed E-state index contributed by atoms with van der Waals surface area (Å²) >= 11 is 0. The SMILES string of the molecule is CCC(=O)N1CC[C@@H](Oc2cncc(-c3ccc4c(c3)CCC(=O)N4)c2)C1. The van der Waals surface area contributed by atoms with Crippen LogP contribution in [0.25, 0.3) is 11.1 Å². The molecule has 1 fully saturated rings. The maximum Gasteiger partial charge on any atom is 0.224 e. The smallest absolute Gasteiger partial charge is 0.224 e. The van der Waals surface area contributed by atoms with Crippen LogP contribution < -0.4 is 10.1 Å². The summed E-state index contributed by atoms with van der Waals surface area (Å²) in [7, 11) is 0. The molecule has 1 aromatic carbocycles. The predicted octanol–water partition coefficient (Wildman–Crippen LogP) is 3.02. The lowest BCUT2D eigenvalue weighted by Crippen LogP contribution is -2.30. The molecule has 3 heterocycles. The lowest BCUT2D eigenvalue weighted by molar-refractivity contribution is -0.130. The van der Waals surface area contributed by atoms with Crippen LogP contribution >= 0.6 is 0 Å². The van der Waals surface area contributed by atoms with E-state index in [0.29, 0.717) is 25.1 Å². The molecule has 1 atom stereocenters. The van der Waals surface area contributed by atoms with E-state index < -0.39 is 0 Å². The van der Waals surface area contributed by atoms with Crippen molar-refractivity contribution in [2.24, 2.45) is 0 Å². The van der Waals surface area contributed by atoms with Crippen molar-refractivity contribution < 1.29 is 14.3 Å². The molecule has 2 aliphatic rings. The molecular formula is C21H23N3O3. The number of benzene rings is 1. The fraction of sp³-hybridized carbons (Fsp3) is 0.381. The zero-order valence-corrected chi connectivity index (χ0v) is 15.4. The highest BCUT2D eigenvalue weighted by Crippen LogP contribution is 2.30. The number of carbonyl (C=O) groups excluding carboxylic acids is 2. The normalized spacial score (nSPS) is 18.8. The number of hydrogen-bond donors (Lipinski definition) is 1. The number of hydrogen-bond acceptors (Lipinski definition) is 4. The zero-order valence-electron chi connectivity index (χ0n) is 15.4. The van der Waals surface area contributed by atoms with Gasteiger partial charge in [0.2, 0.25) is 11.8 Å². The highest BCUT2D eigenvalue weighted by Gasteiger charge is 2.26. The molecule has 0 spiro atoms. The van der Waals surface area contributed by atoms with Gasteiger partial charge in [-0.25, -0.2) is 0 Å². The number of rotatable bonds is 4. The van der Waals surface area contributed by atoms with Gasteiger partial charge in [0.15, 0.2) is 0 Å². The largest absolute Gasteiger partial charge is 0.487 e. The van der Waals surface area contributed by atoms with Gasteiger partial charge in [-0.3, -0.25) is 14.6 Å². The number of nitrogens with zero attached hydrogens (tertiary/aromatic N) is 2. The topological polar surface area (TPSA) is 71.5 Å². The summed E-state index contributed by atoms with van der Waals surface area (Å²) in [5, 5.41) is 2.90. The number of anilines is 1. The van der Waals surface area contributed by atoms with E-state index in [9.17, 15) is 9.59 Å². The van der Waals surface area contributed by atoms with Crippen molar-refractivity contribution in [3.8, 4) is 16.9 Å². The van der Waals surface area contributed by atoms with Gasteiger partial charge in [0.05, 0.1) is 12.7 Å². The first kappa shape index (κ1) is 17.5. The number of aromatic nitrogens is 1. The summed E-state index contributed by atoms with van der Waals surface area (Å²) < 4.78 is 6.08. The second kappa shape index (κ2) is 7.39. The fourth-order valence-electron chi connectivity index (χ4n) is 3.67. The van der Waals surface area contributed by atoms with E-state index >= 15 is 0 Å². The van der Waals surface area contributed by atoms with Crippen molar-refractivity contribution in [1.29, 1.82) is 0 Å². The third kappa shape index (κ3) is 3.79. The van der Waals surface area contributed by atoms with E-state index in [-0.39, 0.29) is 17.9 Å². The second-order valence-electron chi connectivity index (χ2n) is 7.05. The second-order valence-corrected chi connectivity index (χ2v) is 7.05. The van der Waals surface area contributed by atoms with Gasteiger partial charge in [-0.1, -0.05) is 13.0 Å². The Hall–Kier alpha value is -2.89. The average molecular weight is 365 g/mol. The van der Waals surface area contributed by atoms with Crippen LogP contribution in [0.4, 0.5) is 5.69 Å². The summed E-state index contributed by atoms with van der Waals surface area (Å²) in [6.07, 6.45) is 6.19. The number of nitrogens with one attached hydrogen (secondary N) is 1. The Bertz CT molecular complexity index is 881. The van der Waals surface area contributed by atoms with Gasteiger partial charge >= 0.3 is 0 Å². The molecule has 1 aromatic heterocycles.